The van der Waals surface area contributed by atoms with Crippen LogP contribution in [0.5, 0.6) is 0 Å². The summed E-state index contributed by atoms with van der Waals surface area (Å²) >= 11 is 6.17. The molecule has 0 aliphatic carbocycles. The molecule has 1 heterocycles. The van der Waals surface area contributed by atoms with Crippen molar-refractivity contribution in [3.05, 3.63) is 69.0 Å². The predicted octanol–water partition coefficient (Wildman–Crippen LogP) is 3.49. The van der Waals surface area contributed by atoms with E-state index in [0.717, 1.165) is 22.9 Å². The summed E-state index contributed by atoms with van der Waals surface area (Å²) in [6.45, 7) is 4.86. The maximum atomic E-state index is 13.4. The summed E-state index contributed by atoms with van der Waals surface area (Å²) in [6.07, 6.45) is -0.320. The number of nitrogens with one attached hydrogen (secondary N) is 1. The highest BCUT2D eigenvalue weighted by Gasteiger charge is 2.19. The minimum Gasteiger partial charge on any atom is -0.341 e. The normalized spacial score (nSPS) is 10.9. The van der Waals surface area contributed by atoms with Gasteiger partial charge in [-0.05, 0) is 43.7 Å². The zero-order valence-corrected chi connectivity index (χ0v) is 16.6. The van der Waals surface area contributed by atoms with Crippen LogP contribution in [0, 0.1) is 11.6 Å². The van der Waals surface area contributed by atoms with Crippen molar-refractivity contribution in [1.29, 1.82) is 0 Å². The van der Waals surface area contributed by atoms with Gasteiger partial charge in [-0.2, -0.15) is 4.68 Å². The van der Waals surface area contributed by atoms with Gasteiger partial charge in [-0.1, -0.05) is 17.7 Å². The lowest BCUT2D eigenvalue weighted by atomic mass is 10.1. The van der Waals surface area contributed by atoms with Crippen LogP contribution in [0.3, 0.4) is 0 Å². The Morgan fingerprint density at radius 1 is 1.17 bits per heavy atom. The fourth-order valence-electron chi connectivity index (χ4n) is 3.06. The molecule has 0 bridgehead atoms. The number of hydrogen-bond donors (Lipinski definition) is 1. The SMILES string of the molecule is CCN(CC)c1nc2cccc(Cl)c2c(=O)n1NC(=O)Cc1cc(F)cc(F)c1. The predicted molar refractivity (Wildman–Crippen MR) is 109 cm³/mol. The number of hydrogen-bond acceptors (Lipinski definition) is 4. The van der Waals surface area contributed by atoms with Crippen LogP contribution in [0.2, 0.25) is 5.02 Å². The van der Waals surface area contributed by atoms with Crippen LogP contribution in [0.1, 0.15) is 19.4 Å². The van der Waals surface area contributed by atoms with E-state index in [1.54, 1.807) is 23.1 Å². The van der Waals surface area contributed by atoms with Gasteiger partial charge in [0.25, 0.3) is 5.56 Å². The Labute approximate surface area is 170 Å². The Morgan fingerprint density at radius 2 is 1.83 bits per heavy atom. The van der Waals surface area contributed by atoms with Gasteiger partial charge in [0.2, 0.25) is 11.9 Å². The van der Waals surface area contributed by atoms with Crippen molar-refractivity contribution >= 4 is 34.4 Å². The standard InChI is InChI=1S/C20H19ClF2N4O2/c1-3-26(4-2)20-24-16-7-5-6-15(21)18(16)19(29)27(20)25-17(28)10-12-8-13(22)11-14(23)9-12/h5-9,11H,3-4,10H2,1-2H3,(H,25,28). The second-order valence-corrected chi connectivity index (χ2v) is 6.76. The number of benzene rings is 2. The molecule has 3 aromatic rings. The summed E-state index contributed by atoms with van der Waals surface area (Å²) in [4.78, 5) is 31.9. The maximum absolute atomic E-state index is 13.4. The Balaban J connectivity index is 2.05. The molecule has 152 valence electrons. The second-order valence-electron chi connectivity index (χ2n) is 6.35. The molecule has 0 fully saturated rings. The van der Waals surface area contributed by atoms with Crippen molar-refractivity contribution in [2.45, 2.75) is 20.3 Å². The van der Waals surface area contributed by atoms with Crippen LogP contribution < -0.4 is 15.9 Å². The first kappa shape index (κ1) is 20.7. The van der Waals surface area contributed by atoms with E-state index in [0.29, 0.717) is 18.6 Å². The molecule has 0 atom stereocenters. The number of carbonyl (C=O) groups excluding carboxylic acids is 1. The Kier molecular flexibility index (Phi) is 6.12. The van der Waals surface area contributed by atoms with E-state index in [1.807, 2.05) is 13.8 Å². The van der Waals surface area contributed by atoms with Crippen LogP contribution in [-0.2, 0) is 11.2 Å². The van der Waals surface area contributed by atoms with Gasteiger partial charge in [-0.15, -0.1) is 0 Å². The fourth-order valence-corrected chi connectivity index (χ4v) is 3.31. The van der Waals surface area contributed by atoms with Gasteiger partial charge in [0.05, 0.1) is 22.3 Å². The van der Waals surface area contributed by atoms with Gasteiger partial charge >= 0.3 is 0 Å². The van der Waals surface area contributed by atoms with Crippen LogP contribution in [0.4, 0.5) is 14.7 Å². The molecule has 9 heteroatoms. The number of nitrogens with zero attached hydrogens (tertiary/aromatic N) is 3. The minimum atomic E-state index is -0.784. The van der Waals surface area contributed by atoms with E-state index in [-0.39, 0.29) is 28.3 Å². The number of amides is 1. The molecule has 0 aliphatic rings. The molecule has 1 N–H and O–H groups in total. The molecule has 0 spiro atoms. The van der Waals surface area contributed by atoms with Crippen LogP contribution >= 0.6 is 11.6 Å². The van der Waals surface area contributed by atoms with Gasteiger partial charge in [0.15, 0.2) is 0 Å². The van der Waals surface area contributed by atoms with Gasteiger partial charge in [-0.3, -0.25) is 15.0 Å². The molecule has 29 heavy (non-hydrogen) atoms. The Bertz CT molecular complexity index is 1110. The van der Waals surface area contributed by atoms with Gasteiger partial charge in [0.1, 0.15) is 11.6 Å². The average molecular weight is 421 g/mol. The summed E-state index contributed by atoms with van der Waals surface area (Å²) in [7, 11) is 0. The molecule has 3 rings (SSSR count). The summed E-state index contributed by atoms with van der Waals surface area (Å²) in [5.41, 5.74) is 2.50. The topological polar surface area (TPSA) is 67.2 Å². The molecule has 2 aromatic carbocycles. The first-order valence-corrected chi connectivity index (χ1v) is 9.42. The van der Waals surface area contributed by atoms with Crippen LogP contribution in [0.25, 0.3) is 10.9 Å². The molecule has 1 amide bonds. The third-order valence-corrected chi connectivity index (χ3v) is 4.71. The molecule has 0 saturated carbocycles. The highest BCUT2D eigenvalue weighted by atomic mass is 35.5. The number of aromatic nitrogens is 2. The first-order chi connectivity index (χ1) is 13.8. The van der Waals surface area contributed by atoms with E-state index in [4.69, 9.17) is 11.6 Å². The quantitative estimate of drug-likeness (QED) is 0.663. The van der Waals surface area contributed by atoms with Gasteiger partial charge < -0.3 is 4.90 Å². The molecule has 0 radical (unpaired) electrons. The number of carbonyl (C=O) groups is 1. The third kappa shape index (κ3) is 4.37. The maximum Gasteiger partial charge on any atom is 0.283 e. The summed E-state index contributed by atoms with van der Waals surface area (Å²) < 4.78 is 27.8. The number of halogens is 3. The highest BCUT2D eigenvalue weighted by molar-refractivity contribution is 6.35. The zero-order chi connectivity index (χ0) is 21.1. The first-order valence-electron chi connectivity index (χ1n) is 9.05. The summed E-state index contributed by atoms with van der Waals surface area (Å²) in [5.74, 6) is -1.95. The molecule has 0 saturated heterocycles. The van der Waals surface area contributed by atoms with E-state index < -0.39 is 23.1 Å². The van der Waals surface area contributed by atoms with Crippen LogP contribution in [0.15, 0.2) is 41.2 Å². The van der Waals surface area contributed by atoms with Crippen molar-refractivity contribution < 1.29 is 13.6 Å². The Morgan fingerprint density at radius 3 is 2.45 bits per heavy atom. The zero-order valence-electron chi connectivity index (χ0n) is 15.9. The van der Waals surface area contributed by atoms with E-state index in [1.165, 1.54) is 0 Å². The summed E-state index contributed by atoms with van der Waals surface area (Å²) in [5, 5.41) is 0.378. The van der Waals surface area contributed by atoms with Crippen molar-refractivity contribution in [3.8, 4) is 0 Å². The third-order valence-electron chi connectivity index (χ3n) is 4.40. The average Bonchev–Trinajstić information content (AvgIpc) is 2.64. The number of anilines is 1. The largest absolute Gasteiger partial charge is 0.341 e. The molecule has 0 unspecified atom stereocenters. The van der Waals surface area contributed by atoms with Crippen molar-refractivity contribution in [3.63, 3.8) is 0 Å². The Hall–Kier alpha value is -3.00. The van der Waals surface area contributed by atoms with E-state index >= 15 is 0 Å². The summed E-state index contributed by atoms with van der Waals surface area (Å²) in [6, 6.07) is 7.76. The monoisotopic (exact) mass is 420 g/mol. The van der Waals surface area contributed by atoms with Gasteiger partial charge in [0, 0.05) is 19.2 Å². The van der Waals surface area contributed by atoms with E-state index in [9.17, 15) is 18.4 Å². The second kappa shape index (κ2) is 8.57. The van der Waals surface area contributed by atoms with Crippen molar-refractivity contribution in [1.82, 2.24) is 9.66 Å². The molecular formula is C20H19ClF2N4O2. The molecule has 0 aliphatic heterocycles. The molecule has 1 aromatic heterocycles. The van der Waals surface area contributed by atoms with Gasteiger partial charge in [-0.25, -0.2) is 13.8 Å². The van der Waals surface area contributed by atoms with Crippen molar-refractivity contribution in [2.75, 3.05) is 23.4 Å². The highest BCUT2D eigenvalue weighted by Crippen LogP contribution is 2.21. The minimum absolute atomic E-state index is 0.143. The van der Waals surface area contributed by atoms with E-state index in [2.05, 4.69) is 10.4 Å². The lowest BCUT2D eigenvalue weighted by Gasteiger charge is -2.24. The molecular weight excluding hydrogens is 402 g/mol. The number of rotatable bonds is 6. The molecule has 6 nitrogen and oxygen atoms in total. The lowest BCUT2D eigenvalue weighted by molar-refractivity contribution is -0.116. The van der Waals surface area contributed by atoms with Crippen LogP contribution in [-0.4, -0.2) is 28.7 Å². The lowest BCUT2D eigenvalue weighted by Crippen LogP contribution is -2.40. The number of fused-ring (bicyclic) bond motifs is 1. The smallest absolute Gasteiger partial charge is 0.283 e. The fraction of sp³-hybridized carbons (Fsp3) is 0.250. The van der Waals surface area contributed by atoms with Crippen molar-refractivity contribution in [2.24, 2.45) is 0 Å².